The van der Waals surface area contributed by atoms with Gasteiger partial charge in [-0.05, 0) is 41.5 Å². The average molecular weight is 378 g/mol. The van der Waals surface area contributed by atoms with Gasteiger partial charge >= 0.3 is 0 Å². The highest BCUT2D eigenvalue weighted by molar-refractivity contribution is 14.1. The largest absolute Gasteiger partial charge is 0.352 e. The summed E-state index contributed by atoms with van der Waals surface area (Å²) in [5.41, 5.74) is 0.724. The summed E-state index contributed by atoms with van der Waals surface area (Å²) in [6, 6.07) is 1.88. The number of carbonyl (C=O) groups is 2. The maximum Gasteiger partial charge on any atom is 0.252 e. The molecule has 2 rings (SSSR count). The minimum absolute atomic E-state index is 0.0260. The van der Waals surface area contributed by atoms with Gasteiger partial charge in [0, 0.05) is 31.4 Å². The lowest BCUT2D eigenvalue weighted by Crippen LogP contribution is -2.30. The van der Waals surface area contributed by atoms with E-state index < -0.39 is 0 Å². The number of amides is 2. The molecule has 4 nitrogen and oxygen atoms in total. The fourth-order valence-corrected chi connectivity index (χ4v) is 3.27. The molecule has 1 aromatic rings. The Labute approximate surface area is 124 Å². The Balaban J connectivity index is 1.66. The highest BCUT2D eigenvalue weighted by Crippen LogP contribution is 2.16. The van der Waals surface area contributed by atoms with Gasteiger partial charge in [-0.25, -0.2) is 0 Å². The summed E-state index contributed by atoms with van der Waals surface area (Å²) in [5.74, 6) is 0.218. The minimum Gasteiger partial charge on any atom is -0.352 e. The molecule has 0 bridgehead atoms. The minimum atomic E-state index is -0.0260. The van der Waals surface area contributed by atoms with Crippen LogP contribution in [0.3, 0.4) is 0 Å². The van der Waals surface area contributed by atoms with Crippen LogP contribution in [0.1, 0.15) is 29.6 Å². The number of hydrogen-bond acceptors (Lipinski definition) is 3. The van der Waals surface area contributed by atoms with Gasteiger partial charge < -0.3 is 10.2 Å². The molecule has 1 aliphatic rings. The first-order chi connectivity index (χ1) is 8.66. The van der Waals surface area contributed by atoms with Crippen LogP contribution in [0.2, 0.25) is 0 Å². The van der Waals surface area contributed by atoms with Crippen molar-refractivity contribution in [3.63, 3.8) is 0 Å². The van der Waals surface area contributed by atoms with Gasteiger partial charge in [0.05, 0.1) is 8.45 Å². The van der Waals surface area contributed by atoms with Gasteiger partial charge in [0.15, 0.2) is 0 Å². The second kappa shape index (κ2) is 6.51. The fourth-order valence-electron chi connectivity index (χ4n) is 1.94. The zero-order chi connectivity index (χ0) is 13.0. The van der Waals surface area contributed by atoms with Gasteiger partial charge in [0.25, 0.3) is 5.91 Å². The molecule has 0 unspecified atom stereocenters. The molecule has 1 N–H and O–H groups in total. The number of hydrogen-bond donors (Lipinski definition) is 1. The van der Waals surface area contributed by atoms with Crippen molar-refractivity contribution in [3.8, 4) is 0 Å². The smallest absolute Gasteiger partial charge is 0.252 e. The fraction of sp³-hybridized carbons (Fsp3) is 0.500. The highest BCUT2D eigenvalue weighted by Gasteiger charge is 2.19. The van der Waals surface area contributed by atoms with Gasteiger partial charge in [-0.1, -0.05) is 0 Å². The number of thiophene rings is 1. The van der Waals surface area contributed by atoms with E-state index in [0.717, 1.165) is 34.4 Å². The van der Waals surface area contributed by atoms with Crippen molar-refractivity contribution < 1.29 is 9.59 Å². The van der Waals surface area contributed by atoms with E-state index in [-0.39, 0.29) is 11.8 Å². The van der Waals surface area contributed by atoms with Crippen LogP contribution in [0.4, 0.5) is 0 Å². The van der Waals surface area contributed by atoms with Crippen LogP contribution in [0.15, 0.2) is 11.4 Å². The number of carbonyl (C=O) groups excluding carboxylic acids is 2. The van der Waals surface area contributed by atoms with Crippen molar-refractivity contribution >= 4 is 45.7 Å². The Kier molecular flexibility index (Phi) is 4.99. The molecule has 0 radical (unpaired) electrons. The number of halogens is 1. The van der Waals surface area contributed by atoms with Crippen LogP contribution in [0, 0.1) is 2.88 Å². The SMILES string of the molecule is O=C(NCCCN1CCCC1=O)c1csc(I)c1. The third-order valence-electron chi connectivity index (χ3n) is 2.89. The van der Waals surface area contributed by atoms with E-state index in [1.807, 2.05) is 16.3 Å². The number of rotatable bonds is 5. The summed E-state index contributed by atoms with van der Waals surface area (Å²) in [6.07, 6.45) is 2.47. The van der Waals surface area contributed by atoms with E-state index in [4.69, 9.17) is 0 Å². The van der Waals surface area contributed by atoms with Crippen molar-refractivity contribution in [2.45, 2.75) is 19.3 Å². The summed E-state index contributed by atoms with van der Waals surface area (Å²) < 4.78 is 1.11. The lowest BCUT2D eigenvalue weighted by atomic mass is 10.3. The Hall–Kier alpha value is -0.630. The molecular weight excluding hydrogens is 363 g/mol. The lowest BCUT2D eigenvalue weighted by Gasteiger charge is -2.15. The quantitative estimate of drug-likeness (QED) is 0.630. The molecular formula is C12H15IN2O2S. The van der Waals surface area contributed by atoms with E-state index in [1.165, 1.54) is 0 Å². The standard InChI is InChI=1S/C12H15IN2O2S/c13-10-7-9(8-18-10)12(17)14-4-2-6-15-5-1-3-11(15)16/h7-8H,1-6H2,(H,14,17). The van der Waals surface area contributed by atoms with Gasteiger partial charge in [-0.2, -0.15) is 0 Å². The van der Waals surface area contributed by atoms with Crippen molar-refractivity contribution in [1.29, 1.82) is 0 Å². The molecule has 2 heterocycles. The summed E-state index contributed by atoms with van der Waals surface area (Å²) in [7, 11) is 0. The second-order valence-corrected chi connectivity index (χ2v) is 7.04. The highest BCUT2D eigenvalue weighted by atomic mass is 127. The summed E-state index contributed by atoms with van der Waals surface area (Å²) in [6.45, 7) is 2.24. The van der Waals surface area contributed by atoms with E-state index >= 15 is 0 Å². The van der Waals surface area contributed by atoms with Crippen molar-refractivity contribution in [2.75, 3.05) is 19.6 Å². The molecule has 0 aromatic carbocycles. The van der Waals surface area contributed by atoms with Crippen molar-refractivity contribution in [1.82, 2.24) is 10.2 Å². The summed E-state index contributed by atoms with van der Waals surface area (Å²) in [5, 5.41) is 4.74. The molecule has 98 valence electrons. The normalized spacial score (nSPS) is 15.2. The maximum atomic E-state index is 11.7. The molecule has 0 aliphatic carbocycles. The molecule has 1 aliphatic heterocycles. The van der Waals surface area contributed by atoms with E-state index in [0.29, 0.717) is 13.0 Å². The Bertz CT molecular complexity index is 447. The van der Waals surface area contributed by atoms with Crippen molar-refractivity contribution in [3.05, 3.63) is 19.9 Å². The predicted molar refractivity (Wildman–Crippen MR) is 79.8 cm³/mol. The first-order valence-electron chi connectivity index (χ1n) is 5.97. The molecule has 1 aromatic heterocycles. The average Bonchev–Trinajstić information content (AvgIpc) is 2.94. The van der Waals surface area contributed by atoms with Gasteiger partial charge in [0.1, 0.15) is 0 Å². The second-order valence-electron chi connectivity index (χ2n) is 4.23. The van der Waals surface area contributed by atoms with Gasteiger partial charge in [0.2, 0.25) is 5.91 Å². The number of nitrogens with one attached hydrogen (secondary N) is 1. The summed E-state index contributed by atoms with van der Waals surface area (Å²) >= 11 is 3.77. The van der Waals surface area contributed by atoms with Crippen LogP contribution < -0.4 is 5.32 Å². The zero-order valence-electron chi connectivity index (χ0n) is 9.95. The molecule has 2 amide bonds. The lowest BCUT2D eigenvalue weighted by molar-refractivity contribution is -0.127. The molecule has 1 saturated heterocycles. The number of nitrogens with zero attached hydrogens (tertiary/aromatic N) is 1. The summed E-state index contributed by atoms with van der Waals surface area (Å²) in [4.78, 5) is 25.0. The Morgan fingerprint density at radius 2 is 2.39 bits per heavy atom. The van der Waals surface area contributed by atoms with E-state index in [2.05, 4.69) is 27.9 Å². The van der Waals surface area contributed by atoms with Crippen LogP contribution >= 0.6 is 33.9 Å². The molecule has 0 atom stereocenters. The first-order valence-corrected chi connectivity index (χ1v) is 7.92. The van der Waals surface area contributed by atoms with Crippen LogP contribution in [-0.4, -0.2) is 36.3 Å². The Morgan fingerprint density at radius 3 is 3.00 bits per heavy atom. The van der Waals surface area contributed by atoms with E-state index in [9.17, 15) is 9.59 Å². The topological polar surface area (TPSA) is 49.4 Å². The van der Waals surface area contributed by atoms with Gasteiger partial charge in [-0.3, -0.25) is 9.59 Å². The molecule has 0 saturated carbocycles. The van der Waals surface area contributed by atoms with Crippen LogP contribution in [-0.2, 0) is 4.79 Å². The predicted octanol–water partition coefficient (Wildman–Crippen LogP) is 2.09. The number of likely N-dealkylation sites (tertiary alicyclic amines) is 1. The van der Waals surface area contributed by atoms with Crippen LogP contribution in [0.5, 0.6) is 0 Å². The zero-order valence-corrected chi connectivity index (χ0v) is 12.9. The van der Waals surface area contributed by atoms with Crippen LogP contribution in [0.25, 0.3) is 0 Å². The molecule has 0 spiro atoms. The molecule has 1 fully saturated rings. The van der Waals surface area contributed by atoms with Gasteiger partial charge in [-0.15, -0.1) is 11.3 Å². The molecule has 6 heteroatoms. The molecule has 18 heavy (non-hydrogen) atoms. The van der Waals surface area contributed by atoms with E-state index in [1.54, 1.807) is 11.3 Å². The maximum absolute atomic E-state index is 11.7. The monoisotopic (exact) mass is 378 g/mol. The third kappa shape index (κ3) is 3.68. The Morgan fingerprint density at radius 1 is 1.56 bits per heavy atom. The third-order valence-corrected chi connectivity index (χ3v) is 4.68. The first kappa shape index (κ1) is 13.8. The van der Waals surface area contributed by atoms with Crippen molar-refractivity contribution in [2.24, 2.45) is 0 Å².